The van der Waals surface area contributed by atoms with Crippen LogP contribution >= 0.6 is 0 Å². The van der Waals surface area contributed by atoms with E-state index in [0.29, 0.717) is 0 Å². The fourth-order valence-electron chi connectivity index (χ4n) is 3.26. The molecule has 0 bridgehead atoms. The van der Waals surface area contributed by atoms with Gasteiger partial charge in [0, 0.05) is 25.9 Å². The van der Waals surface area contributed by atoms with E-state index < -0.39 is 0 Å². The van der Waals surface area contributed by atoms with Crippen LogP contribution in [0.5, 0.6) is 0 Å². The largest absolute Gasteiger partial charge is 0.347 e. The Morgan fingerprint density at radius 2 is 2.05 bits per heavy atom. The van der Waals surface area contributed by atoms with Gasteiger partial charge in [-0.25, -0.2) is 0 Å². The molecule has 1 aromatic rings. The summed E-state index contributed by atoms with van der Waals surface area (Å²) in [5.41, 5.74) is 4.12. The van der Waals surface area contributed by atoms with E-state index in [-0.39, 0.29) is 11.9 Å². The Morgan fingerprint density at radius 3 is 2.85 bits per heavy atom. The van der Waals surface area contributed by atoms with Gasteiger partial charge in [0.1, 0.15) is 0 Å². The van der Waals surface area contributed by atoms with Gasteiger partial charge in [0.2, 0.25) is 0 Å². The molecule has 3 rings (SSSR count). The predicted molar refractivity (Wildman–Crippen MR) is 79.6 cm³/mol. The van der Waals surface area contributed by atoms with Gasteiger partial charge in [0.15, 0.2) is 5.79 Å². The molecule has 1 unspecified atom stereocenters. The third-order valence-corrected chi connectivity index (χ3v) is 4.68. The Balaban J connectivity index is 1.48. The summed E-state index contributed by atoms with van der Waals surface area (Å²) in [6, 6.07) is 6.48. The van der Waals surface area contributed by atoms with Crippen LogP contribution < -0.4 is 5.32 Å². The smallest absolute Gasteiger partial charge is 0.168 e. The third-order valence-electron chi connectivity index (χ3n) is 4.68. The quantitative estimate of drug-likeness (QED) is 0.916. The highest BCUT2D eigenvalue weighted by molar-refractivity contribution is 5.32. The maximum absolute atomic E-state index is 6.12. The summed E-state index contributed by atoms with van der Waals surface area (Å²) in [6.45, 7) is 6.86. The van der Waals surface area contributed by atoms with Crippen molar-refractivity contribution in [1.29, 1.82) is 0 Å². The predicted octanol–water partition coefficient (Wildman–Crippen LogP) is 3.08. The van der Waals surface area contributed by atoms with Crippen LogP contribution in [-0.4, -0.2) is 25.0 Å². The molecular formula is C17H25NO2. The minimum Gasteiger partial charge on any atom is -0.347 e. The van der Waals surface area contributed by atoms with Gasteiger partial charge in [-0.15, -0.1) is 0 Å². The minimum absolute atomic E-state index is 0.207. The van der Waals surface area contributed by atoms with Gasteiger partial charge in [-0.2, -0.15) is 0 Å². The van der Waals surface area contributed by atoms with E-state index in [1.165, 1.54) is 29.5 Å². The van der Waals surface area contributed by atoms with Crippen LogP contribution in [0.1, 0.15) is 42.4 Å². The van der Waals surface area contributed by atoms with Crippen LogP contribution in [0.25, 0.3) is 0 Å². The van der Waals surface area contributed by atoms with Crippen molar-refractivity contribution < 1.29 is 9.47 Å². The molecule has 0 aromatic heterocycles. The molecule has 1 aliphatic heterocycles. The van der Waals surface area contributed by atoms with Gasteiger partial charge in [-0.1, -0.05) is 18.2 Å². The molecule has 3 nitrogen and oxygen atoms in total. The molecule has 2 aliphatic rings. The Labute approximate surface area is 121 Å². The Morgan fingerprint density at radius 1 is 1.25 bits per heavy atom. The average Bonchev–Trinajstić information content (AvgIpc) is 3.06. The molecule has 2 fully saturated rings. The SMILES string of the molecule is Cc1cccc(CNCC2COC3(CCCC3)O2)c1C. The zero-order valence-electron chi connectivity index (χ0n) is 12.6. The zero-order valence-corrected chi connectivity index (χ0v) is 12.6. The maximum atomic E-state index is 6.12. The molecular weight excluding hydrogens is 250 g/mol. The maximum Gasteiger partial charge on any atom is 0.168 e. The van der Waals surface area contributed by atoms with Gasteiger partial charge >= 0.3 is 0 Å². The third kappa shape index (κ3) is 2.90. The van der Waals surface area contributed by atoms with Crippen molar-refractivity contribution in [2.45, 2.75) is 58.0 Å². The van der Waals surface area contributed by atoms with E-state index in [1.54, 1.807) is 0 Å². The van der Waals surface area contributed by atoms with Gasteiger partial charge in [-0.05, 0) is 43.4 Å². The first-order valence-electron chi connectivity index (χ1n) is 7.76. The van der Waals surface area contributed by atoms with Gasteiger partial charge in [0.05, 0.1) is 12.7 Å². The molecule has 1 aromatic carbocycles. The second-order valence-corrected chi connectivity index (χ2v) is 6.16. The summed E-state index contributed by atoms with van der Waals surface area (Å²) >= 11 is 0. The molecule has 20 heavy (non-hydrogen) atoms. The second-order valence-electron chi connectivity index (χ2n) is 6.16. The van der Waals surface area contributed by atoms with E-state index in [0.717, 1.165) is 32.5 Å². The molecule has 1 saturated carbocycles. The fraction of sp³-hybridized carbons (Fsp3) is 0.647. The first-order valence-corrected chi connectivity index (χ1v) is 7.76. The Hall–Kier alpha value is -0.900. The van der Waals surface area contributed by atoms with Crippen molar-refractivity contribution in [2.75, 3.05) is 13.2 Å². The highest BCUT2D eigenvalue weighted by Gasteiger charge is 2.43. The molecule has 1 heterocycles. The summed E-state index contributed by atoms with van der Waals surface area (Å²) < 4.78 is 12.0. The van der Waals surface area contributed by atoms with E-state index in [2.05, 4.69) is 37.4 Å². The number of ether oxygens (including phenoxy) is 2. The van der Waals surface area contributed by atoms with E-state index in [1.807, 2.05) is 0 Å². The molecule has 1 spiro atoms. The molecule has 1 saturated heterocycles. The highest BCUT2D eigenvalue weighted by Crippen LogP contribution is 2.38. The Bertz CT molecular complexity index is 466. The lowest BCUT2D eigenvalue weighted by molar-refractivity contribution is -0.161. The number of hydrogen-bond donors (Lipinski definition) is 1. The van der Waals surface area contributed by atoms with Crippen LogP contribution in [0.3, 0.4) is 0 Å². The van der Waals surface area contributed by atoms with Gasteiger partial charge < -0.3 is 14.8 Å². The number of rotatable bonds is 4. The molecule has 110 valence electrons. The molecule has 1 aliphatic carbocycles. The number of benzene rings is 1. The second kappa shape index (κ2) is 5.84. The summed E-state index contributed by atoms with van der Waals surface area (Å²) in [5.74, 6) is -0.231. The van der Waals surface area contributed by atoms with Crippen molar-refractivity contribution in [3.05, 3.63) is 34.9 Å². The van der Waals surface area contributed by atoms with Crippen molar-refractivity contribution in [3.8, 4) is 0 Å². The van der Waals surface area contributed by atoms with E-state index >= 15 is 0 Å². The molecule has 1 N–H and O–H groups in total. The van der Waals surface area contributed by atoms with Crippen LogP contribution in [-0.2, 0) is 16.0 Å². The van der Waals surface area contributed by atoms with Gasteiger partial charge in [-0.3, -0.25) is 0 Å². The summed E-state index contributed by atoms with van der Waals surface area (Å²) in [5, 5.41) is 3.51. The lowest BCUT2D eigenvalue weighted by Gasteiger charge is -2.22. The lowest BCUT2D eigenvalue weighted by Crippen LogP contribution is -2.31. The summed E-state index contributed by atoms with van der Waals surface area (Å²) in [4.78, 5) is 0. The first kappa shape index (κ1) is 14.1. The van der Waals surface area contributed by atoms with E-state index in [9.17, 15) is 0 Å². The number of aryl methyl sites for hydroxylation is 1. The highest BCUT2D eigenvalue weighted by atomic mass is 16.7. The standard InChI is InChI=1S/C17H25NO2/c1-13-6-5-7-15(14(13)2)10-18-11-16-12-19-17(20-16)8-3-4-9-17/h5-7,16,18H,3-4,8-12H2,1-2H3. The normalized spacial score (nSPS) is 24.6. The molecule has 3 heteroatoms. The van der Waals surface area contributed by atoms with Crippen LogP contribution in [0.2, 0.25) is 0 Å². The van der Waals surface area contributed by atoms with Crippen LogP contribution in [0.15, 0.2) is 18.2 Å². The molecule has 0 amide bonds. The summed E-state index contributed by atoms with van der Waals surface area (Å²) in [6.07, 6.45) is 4.82. The zero-order chi connectivity index (χ0) is 14.0. The minimum atomic E-state index is -0.231. The Kier molecular flexibility index (Phi) is 4.11. The topological polar surface area (TPSA) is 30.5 Å². The fourth-order valence-corrected chi connectivity index (χ4v) is 3.26. The van der Waals surface area contributed by atoms with Crippen molar-refractivity contribution in [1.82, 2.24) is 5.32 Å². The summed E-state index contributed by atoms with van der Waals surface area (Å²) in [7, 11) is 0. The van der Waals surface area contributed by atoms with E-state index in [4.69, 9.17) is 9.47 Å². The van der Waals surface area contributed by atoms with Crippen molar-refractivity contribution in [2.24, 2.45) is 0 Å². The van der Waals surface area contributed by atoms with Crippen LogP contribution in [0.4, 0.5) is 0 Å². The monoisotopic (exact) mass is 275 g/mol. The van der Waals surface area contributed by atoms with Crippen molar-refractivity contribution in [3.63, 3.8) is 0 Å². The first-order chi connectivity index (χ1) is 9.69. The van der Waals surface area contributed by atoms with Crippen molar-refractivity contribution >= 4 is 0 Å². The number of nitrogens with one attached hydrogen (secondary N) is 1. The lowest BCUT2D eigenvalue weighted by atomic mass is 10.0. The van der Waals surface area contributed by atoms with Gasteiger partial charge in [0.25, 0.3) is 0 Å². The average molecular weight is 275 g/mol. The van der Waals surface area contributed by atoms with Crippen LogP contribution in [0, 0.1) is 13.8 Å². The number of hydrogen-bond acceptors (Lipinski definition) is 3. The molecule has 0 radical (unpaired) electrons. The molecule has 1 atom stereocenters.